The molecule has 6 N–H and O–H groups in total. The maximum atomic E-state index is 12.8. The first-order valence-corrected chi connectivity index (χ1v) is 10.6. The van der Waals surface area contributed by atoms with Crippen molar-refractivity contribution in [2.24, 2.45) is 23.7 Å². The lowest BCUT2D eigenvalue weighted by molar-refractivity contribution is -0.129. The molecule has 32 heavy (non-hydrogen) atoms. The van der Waals surface area contributed by atoms with Gasteiger partial charge in [0.25, 0.3) is 5.56 Å². The number of carbonyl (C=O) groups is 1. The van der Waals surface area contributed by atoms with E-state index >= 15 is 0 Å². The molecule has 0 radical (unpaired) electrons. The first kappa shape index (κ1) is 23.1. The van der Waals surface area contributed by atoms with Crippen LogP contribution in [0.2, 0.25) is 0 Å². The van der Waals surface area contributed by atoms with E-state index in [1.165, 1.54) is 4.68 Å². The number of nitrogens with one attached hydrogen (secondary N) is 1. The highest BCUT2D eigenvalue weighted by atomic mass is 32.2. The lowest BCUT2D eigenvalue weighted by atomic mass is 10.1. The molecule has 0 spiro atoms. The number of hydrazine groups is 1. The first-order valence-electron chi connectivity index (χ1n) is 9.78. The van der Waals surface area contributed by atoms with Crippen LogP contribution in [0.5, 0.6) is 5.75 Å². The standard InChI is InChI=1S/C19H24N8O4S/c1-4-6-12-14-15(26(3)24-12)18(28)23-17(22-14)11-9-10(7-8-13(11)31-5-2)32-27(21)25-16(20)19(29)30/h7-9H,4-6,21H2,1-3H3,(H2,20,25)(H,29,30)(H,22,23,28). The molecule has 0 atom stereocenters. The van der Waals surface area contributed by atoms with E-state index in [-0.39, 0.29) is 5.56 Å². The molecule has 0 saturated heterocycles. The van der Waals surface area contributed by atoms with Gasteiger partial charge in [-0.25, -0.2) is 15.6 Å². The number of rotatable bonds is 8. The van der Waals surface area contributed by atoms with Crippen molar-refractivity contribution in [1.29, 1.82) is 0 Å². The summed E-state index contributed by atoms with van der Waals surface area (Å²) in [5.74, 6) is 4.52. The van der Waals surface area contributed by atoms with Crippen molar-refractivity contribution in [3.8, 4) is 17.1 Å². The number of hydrazone groups is 1. The van der Waals surface area contributed by atoms with Crippen molar-refractivity contribution in [2.45, 2.75) is 31.6 Å². The molecule has 170 valence electrons. The minimum Gasteiger partial charge on any atom is -0.493 e. The molecule has 3 rings (SSSR count). The number of carboxylic acids is 1. The van der Waals surface area contributed by atoms with Gasteiger partial charge in [0.1, 0.15) is 17.1 Å². The van der Waals surface area contributed by atoms with E-state index in [0.717, 1.165) is 28.6 Å². The molecular formula is C19H24N8O4S. The topological polar surface area (TPSA) is 178 Å². The van der Waals surface area contributed by atoms with Crippen LogP contribution in [0.15, 0.2) is 33.0 Å². The molecule has 0 aliphatic heterocycles. The number of aromatic amines is 1. The fraction of sp³-hybridized carbons (Fsp3) is 0.316. The minimum atomic E-state index is -1.39. The summed E-state index contributed by atoms with van der Waals surface area (Å²) in [4.78, 5) is 31.7. The van der Waals surface area contributed by atoms with Crippen molar-refractivity contribution >= 4 is 34.8 Å². The Morgan fingerprint density at radius 2 is 2.16 bits per heavy atom. The van der Waals surface area contributed by atoms with Crippen molar-refractivity contribution < 1.29 is 14.6 Å². The van der Waals surface area contributed by atoms with Crippen LogP contribution >= 0.6 is 11.9 Å². The highest BCUT2D eigenvalue weighted by Crippen LogP contribution is 2.33. The van der Waals surface area contributed by atoms with Crippen LogP contribution in [-0.2, 0) is 18.3 Å². The van der Waals surface area contributed by atoms with Crippen molar-refractivity contribution in [1.82, 2.24) is 24.3 Å². The molecular weight excluding hydrogens is 436 g/mol. The lowest BCUT2D eigenvalue weighted by Gasteiger charge is -2.14. The average Bonchev–Trinajstić information content (AvgIpc) is 3.05. The quantitative estimate of drug-likeness (QED) is 0.126. The number of amidine groups is 1. The predicted octanol–water partition coefficient (Wildman–Crippen LogP) is 1.21. The van der Waals surface area contributed by atoms with E-state index < -0.39 is 11.8 Å². The molecule has 1 aromatic carbocycles. The number of nitrogens with two attached hydrogens (primary N) is 2. The van der Waals surface area contributed by atoms with Gasteiger partial charge in [-0.2, -0.15) is 9.62 Å². The zero-order valence-corrected chi connectivity index (χ0v) is 18.6. The summed E-state index contributed by atoms with van der Waals surface area (Å²) in [7, 11) is 1.71. The SMILES string of the molecule is CCCc1nn(C)c2c(=O)[nH]c(-c3cc(SN(N)/N=C(\N)C(=O)O)ccc3OCC)nc12. The number of benzene rings is 1. The molecule has 0 bridgehead atoms. The predicted molar refractivity (Wildman–Crippen MR) is 121 cm³/mol. The summed E-state index contributed by atoms with van der Waals surface area (Å²) >= 11 is 0.937. The van der Waals surface area contributed by atoms with Gasteiger partial charge >= 0.3 is 5.97 Å². The third kappa shape index (κ3) is 4.84. The van der Waals surface area contributed by atoms with Gasteiger partial charge in [0, 0.05) is 23.9 Å². The second-order valence-corrected chi connectivity index (χ2v) is 7.74. The monoisotopic (exact) mass is 460 g/mol. The molecule has 13 heteroatoms. The highest BCUT2D eigenvalue weighted by Gasteiger charge is 2.18. The Hall–Kier alpha value is -3.58. The Balaban J connectivity index is 2.09. The largest absolute Gasteiger partial charge is 0.493 e. The lowest BCUT2D eigenvalue weighted by Crippen LogP contribution is -2.29. The van der Waals surface area contributed by atoms with Gasteiger partial charge in [-0.3, -0.25) is 9.48 Å². The van der Waals surface area contributed by atoms with Crippen LogP contribution in [0.25, 0.3) is 22.4 Å². The maximum Gasteiger partial charge on any atom is 0.373 e. The molecule has 3 aromatic rings. The van der Waals surface area contributed by atoms with Crippen molar-refractivity contribution in [2.75, 3.05) is 6.61 Å². The van der Waals surface area contributed by atoms with E-state index in [9.17, 15) is 9.59 Å². The number of ether oxygens (including phenoxy) is 1. The van der Waals surface area contributed by atoms with Gasteiger partial charge in [0.2, 0.25) is 5.84 Å². The Morgan fingerprint density at radius 3 is 2.81 bits per heavy atom. The molecule has 2 aromatic heterocycles. The number of aryl methyl sites for hydroxylation is 2. The van der Waals surface area contributed by atoms with Gasteiger partial charge in [-0.15, -0.1) is 5.10 Å². The Kier molecular flexibility index (Phi) is 7.00. The van der Waals surface area contributed by atoms with E-state index in [1.54, 1.807) is 25.2 Å². The summed E-state index contributed by atoms with van der Waals surface area (Å²) < 4.78 is 8.09. The number of aromatic nitrogens is 4. The van der Waals surface area contributed by atoms with E-state index in [2.05, 4.69) is 20.2 Å². The number of H-pyrrole nitrogens is 1. The average molecular weight is 461 g/mol. The van der Waals surface area contributed by atoms with Crippen LogP contribution in [0.1, 0.15) is 26.0 Å². The highest BCUT2D eigenvalue weighted by molar-refractivity contribution is 7.97. The summed E-state index contributed by atoms with van der Waals surface area (Å²) in [5.41, 5.74) is 7.19. The molecule has 2 heterocycles. The third-order valence-electron chi connectivity index (χ3n) is 4.38. The number of hydrogen-bond acceptors (Lipinski definition) is 9. The fourth-order valence-electron chi connectivity index (χ4n) is 3.09. The number of carboxylic acid groups (broad SMARTS) is 1. The number of fused-ring (bicyclic) bond motifs is 1. The second-order valence-electron chi connectivity index (χ2n) is 6.71. The number of nitrogens with zero attached hydrogens (tertiary/aromatic N) is 5. The first-order chi connectivity index (χ1) is 15.2. The zero-order chi connectivity index (χ0) is 23.4. The number of aliphatic carboxylic acids is 1. The molecule has 12 nitrogen and oxygen atoms in total. The maximum absolute atomic E-state index is 12.8. The Labute approximate surface area is 187 Å². The van der Waals surface area contributed by atoms with Crippen LogP contribution in [-0.4, -0.2) is 47.8 Å². The third-order valence-corrected chi connectivity index (χ3v) is 5.11. The van der Waals surface area contributed by atoms with Gasteiger partial charge in [-0.1, -0.05) is 13.3 Å². The summed E-state index contributed by atoms with van der Waals surface area (Å²) in [6.45, 7) is 4.28. The van der Waals surface area contributed by atoms with Crippen molar-refractivity contribution in [3.63, 3.8) is 0 Å². The van der Waals surface area contributed by atoms with Gasteiger partial charge in [-0.05, 0) is 31.5 Å². The minimum absolute atomic E-state index is 0.316. The second kappa shape index (κ2) is 9.70. The van der Waals surface area contributed by atoms with Crippen LogP contribution in [0.4, 0.5) is 0 Å². The summed E-state index contributed by atoms with van der Waals surface area (Å²) in [5, 5.41) is 16.9. The van der Waals surface area contributed by atoms with Gasteiger partial charge in [0.15, 0.2) is 5.52 Å². The summed E-state index contributed by atoms with van der Waals surface area (Å²) in [6.07, 6.45) is 1.55. The molecule has 0 amide bonds. The Morgan fingerprint density at radius 1 is 1.41 bits per heavy atom. The zero-order valence-electron chi connectivity index (χ0n) is 17.8. The van der Waals surface area contributed by atoms with E-state index in [4.69, 9.17) is 21.4 Å². The molecule has 0 saturated carbocycles. The Bertz CT molecular complexity index is 1240. The van der Waals surface area contributed by atoms with Crippen LogP contribution in [0, 0.1) is 0 Å². The molecule has 0 aliphatic rings. The molecule has 0 fully saturated rings. The smallest absolute Gasteiger partial charge is 0.373 e. The van der Waals surface area contributed by atoms with E-state index in [0.29, 0.717) is 46.1 Å². The van der Waals surface area contributed by atoms with E-state index in [1.807, 2.05) is 13.8 Å². The van der Waals surface area contributed by atoms with Crippen LogP contribution in [0.3, 0.4) is 0 Å². The van der Waals surface area contributed by atoms with Gasteiger partial charge in [0.05, 0.1) is 17.9 Å². The summed E-state index contributed by atoms with van der Waals surface area (Å²) in [6, 6.07) is 5.14. The normalized spacial score (nSPS) is 11.7. The fourth-order valence-corrected chi connectivity index (χ4v) is 3.73. The van der Waals surface area contributed by atoms with Crippen LogP contribution < -0.4 is 21.9 Å². The molecule has 0 aliphatic carbocycles. The number of hydrogen-bond donors (Lipinski definition) is 4. The van der Waals surface area contributed by atoms with Crippen molar-refractivity contribution in [3.05, 3.63) is 34.2 Å². The molecule has 0 unspecified atom stereocenters. The van der Waals surface area contributed by atoms with Gasteiger partial charge < -0.3 is 20.6 Å².